The van der Waals surface area contributed by atoms with Gasteiger partial charge in [-0.25, -0.2) is 0 Å². The molecule has 0 aliphatic rings. The summed E-state index contributed by atoms with van der Waals surface area (Å²) in [6, 6.07) is 49.9. The SMILES string of the molecule is Cc1cccc(-c2c3ccccc3c(-c3cc4ccc5oc6ccccc6c5c4c4c3oc3ccccc34)c3ccccc23)c1. The molecule has 2 nitrogen and oxygen atoms in total. The van der Waals surface area contributed by atoms with E-state index in [1.54, 1.807) is 0 Å². The van der Waals surface area contributed by atoms with Gasteiger partial charge in [0.25, 0.3) is 0 Å². The summed E-state index contributed by atoms with van der Waals surface area (Å²) in [5.74, 6) is 0. The predicted octanol–water partition coefficient (Wildman–Crippen LogP) is 12.6. The second-order valence-electron chi connectivity index (χ2n) is 12.1. The third kappa shape index (κ3) is 3.39. The lowest BCUT2D eigenvalue weighted by atomic mass is 9.84. The van der Waals surface area contributed by atoms with Gasteiger partial charge in [-0.1, -0.05) is 121 Å². The van der Waals surface area contributed by atoms with Crippen LogP contribution in [-0.2, 0) is 0 Å². The zero-order valence-electron chi connectivity index (χ0n) is 24.6. The van der Waals surface area contributed by atoms with Crippen molar-refractivity contribution in [1.82, 2.24) is 0 Å². The lowest BCUT2D eigenvalue weighted by Gasteiger charge is -2.18. The van der Waals surface area contributed by atoms with Crippen molar-refractivity contribution in [3.63, 3.8) is 0 Å². The number of rotatable bonds is 2. The predicted molar refractivity (Wildman–Crippen MR) is 189 cm³/mol. The van der Waals surface area contributed by atoms with Gasteiger partial charge in [0.1, 0.15) is 22.3 Å². The van der Waals surface area contributed by atoms with Crippen LogP contribution in [0.15, 0.2) is 148 Å². The summed E-state index contributed by atoms with van der Waals surface area (Å²) in [5, 5.41) is 11.7. The molecule has 0 fully saturated rings. The number of para-hydroxylation sites is 2. The summed E-state index contributed by atoms with van der Waals surface area (Å²) in [5.41, 5.74) is 9.62. The molecule has 0 aliphatic heterocycles. The average molecular weight is 575 g/mol. The topological polar surface area (TPSA) is 26.3 Å². The summed E-state index contributed by atoms with van der Waals surface area (Å²) in [6.07, 6.45) is 0. The Bertz CT molecular complexity index is 2770. The van der Waals surface area contributed by atoms with Crippen LogP contribution >= 0.6 is 0 Å². The molecule has 0 saturated heterocycles. The highest BCUT2D eigenvalue weighted by atomic mass is 16.3. The van der Waals surface area contributed by atoms with E-state index in [0.717, 1.165) is 49.4 Å². The maximum absolute atomic E-state index is 6.88. The largest absolute Gasteiger partial charge is 0.456 e. The second-order valence-corrected chi connectivity index (χ2v) is 12.1. The minimum Gasteiger partial charge on any atom is -0.456 e. The van der Waals surface area contributed by atoms with Crippen molar-refractivity contribution in [1.29, 1.82) is 0 Å². The van der Waals surface area contributed by atoms with Crippen LogP contribution in [0.25, 0.3) is 98.4 Å². The van der Waals surface area contributed by atoms with Gasteiger partial charge in [0.15, 0.2) is 0 Å². The molecule has 0 atom stereocenters. The van der Waals surface area contributed by atoms with Crippen molar-refractivity contribution < 1.29 is 8.83 Å². The molecular formula is C43H26O2. The Balaban J connectivity index is 1.44. The average Bonchev–Trinajstić information content (AvgIpc) is 3.66. The molecule has 45 heavy (non-hydrogen) atoms. The Labute approximate surface area is 258 Å². The van der Waals surface area contributed by atoms with E-state index in [-0.39, 0.29) is 0 Å². The Morgan fingerprint density at radius 2 is 0.978 bits per heavy atom. The molecule has 0 radical (unpaired) electrons. The number of fused-ring (bicyclic) bond motifs is 11. The number of aryl methyl sites for hydroxylation is 1. The first-order chi connectivity index (χ1) is 22.2. The molecule has 10 rings (SSSR count). The van der Waals surface area contributed by atoms with E-state index in [0.29, 0.717) is 0 Å². The molecule has 10 aromatic rings. The second kappa shape index (κ2) is 9.07. The van der Waals surface area contributed by atoms with Crippen molar-refractivity contribution >= 4 is 76.2 Å². The van der Waals surface area contributed by atoms with Gasteiger partial charge in [-0.05, 0) is 69.2 Å². The van der Waals surface area contributed by atoms with E-state index in [2.05, 4.69) is 134 Å². The standard InChI is InChI=1S/C43H26O2/c1-25-11-10-12-26(23-25)38-28-13-2-4-15-30(28)40(31-16-5-3-14-29(31)38)34-24-27-21-22-37-41(32-17-6-8-19-35(32)44-37)39(27)42-33-18-7-9-20-36(33)45-43(34)42/h2-24H,1H3. The molecule has 0 spiro atoms. The van der Waals surface area contributed by atoms with E-state index < -0.39 is 0 Å². The van der Waals surface area contributed by atoms with Crippen LogP contribution < -0.4 is 0 Å². The molecular weight excluding hydrogens is 548 g/mol. The Morgan fingerprint density at radius 1 is 0.400 bits per heavy atom. The van der Waals surface area contributed by atoms with E-state index in [1.807, 2.05) is 12.1 Å². The molecule has 210 valence electrons. The summed E-state index contributed by atoms with van der Waals surface area (Å²) in [7, 11) is 0. The number of benzene rings is 8. The molecule has 0 unspecified atom stereocenters. The first-order valence-corrected chi connectivity index (χ1v) is 15.4. The van der Waals surface area contributed by atoms with Crippen LogP contribution in [0.3, 0.4) is 0 Å². The third-order valence-corrected chi connectivity index (χ3v) is 9.47. The van der Waals surface area contributed by atoms with Gasteiger partial charge < -0.3 is 8.83 Å². The van der Waals surface area contributed by atoms with Crippen LogP contribution in [-0.4, -0.2) is 0 Å². The van der Waals surface area contributed by atoms with Gasteiger partial charge in [-0.15, -0.1) is 0 Å². The summed E-state index contributed by atoms with van der Waals surface area (Å²) in [4.78, 5) is 0. The molecule has 0 amide bonds. The van der Waals surface area contributed by atoms with Gasteiger partial charge >= 0.3 is 0 Å². The van der Waals surface area contributed by atoms with Crippen LogP contribution in [0.4, 0.5) is 0 Å². The minimum absolute atomic E-state index is 0.885. The van der Waals surface area contributed by atoms with E-state index in [4.69, 9.17) is 8.83 Å². The van der Waals surface area contributed by atoms with E-state index in [9.17, 15) is 0 Å². The van der Waals surface area contributed by atoms with Gasteiger partial charge in [-0.2, -0.15) is 0 Å². The molecule has 0 saturated carbocycles. The van der Waals surface area contributed by atoms with E-state index in [1.165, 1.54) is 54.6 Å². The van der Waals surface area contributed by atoms with Crippen molar-refractivity contribution in [2.45, 2.75) is 6.92 Å². The Morgan fingerprint density at radius 3 is 1.64 bits per heavy atom. The van der Waals surface area contributed by atoms with Gasteiger partial charge in [0.2, 0.25) is 0 Å². The number of hydrogen-bond donors (Lipinski definition) is 0. The van der Waals surface area contributed by atoms with Crippen molar-refractivity contribution in [2.24, 2.45) is 0 Å². The lowest BCUT2D eigenvalue weighted by molar-refractivity contribution is 0.669. The fourth-order valence-corrected chi connectivity index (χ4v) is 7.64. The minimum atomic E-state index is 0.885. The smallest absolute Gasteiger partial charge is 0.143 e. The summed E-state index contributed by atoms with van der Waals surface area (Å²) in [6.45, 7) is 2.16. The third-order valence-electron chi connectivity index (χ3n) is 9.47. The molecule has 2 heteroatoms. The Hall–Kier alpha value is -5.86. The fourth-order valence-electron chi connectivity index (χ4n) is 7.64. The lowest BCUT2D eigenvalue weighted by Crippen LogP contribution is -1.92. The summed E-state index contributed by atoms with van der Waals surface area (Å²) < 4.78 is 13.2. The zero-order valence-corrected chi connectivity index (χ0v) is 24.6. The normalized spacial score (nSPS) is 12.1. The van der Waals surface area contributed by atoms with Crippen molar-refractivity contribution in [2.75, 3.05) is 0 Å². The highest BCUT2D eigenvalue weighted by Crippen LogP contribution is 2.50. The van der Waals surface area contributed by atoms with Crippen LogP contribution in [0, 0.1) is 6.92 Å². The first-order valence-electron chi connectivity index (χ1n) is 15.4. The van der Waals surface area contributed by atoms with Gasteiger partial charge in [-0.3, -0.25) is 0 Å². The molecule has 2 heterocycles. The fraction of sp³-hybridized carbons (Fsp3) is 0.0233. The molecule has 2 aromatic heterocycles. The molecule has 0 bridgehead atoms. The Kier molecular flexibility index (Phi) is 4.95. The van der Waals surface area contributed by atoms with Crippen LogP contribution in [0.1, 0.15) is 5.56 Å². The highest BCUT2D eigenvalue weighted by Gasteiger charge is 2.24. The highest BCUT2D eigenvalue weighted by molar-refractivity contribution is 6.34. The number of hydrogen-bond acceptors (Lipinski definition) is 2. The first kappa shape index (κ1) is 24.6. The molecule has 0 N–H and O–H groups in total. The quantitative estimate of drug-likeness (QED) is 0.192. The van der Waals surface area contributed by atoms with Crippen LogP contribution in [0.5, 0.6) is 0 Å². The van der Waals surface area contributed by atoms with Gasteiger partial charge in [0, 0.05) is 38.1 Å². The monoisotopic (exact) mass is 574 g/mol. The molecule has 0 aliphatic carbocycles. The number of furan rings is 2. The van der Waals surface area contributed by atoms with Crippen molar-refractivity contribution in [3.05, 3.63) is 145 Å². The van der Waals surface area contributed by atoms with Gasteiger partial charge in [0.05, 0.1) is 0 Å². The maximum Gasteiger partial charge on any atom is 0.143 e. The maximum atomic E-state index is 6.88. The summed E-state index contributed by atoms with van der Waals surface area (Å²) >= 11 is 0. The van der Waals surface area contributed by atoms with E-state index >= 15 is 0 Å². The molecule has 8 aromatic carbocycles. The van der Waals surface area contributed by atoms with Crippen molar-refractivity contribution in [3.8, 4) is 22.3 Å². The zero-order chi connectivity index (χ0) is 29.6. The van der Waals surface area contributed by atoms with Crippen LogP contribution in [0.2, 0.25) is 0 Å².